The summed E-state index contributed by atoms with van der Waals surface area (Å²) in [5.41, 5.74) is 1.45. The fourth-order valence-electron chi connectivity index (χ4n) is 2.78. The largest absolute Gasteiger partial charge is 0.489 e. The molecule has 0 fully saturated rings. The van der Waals surface area contributed by atoms with Crippen LogP contribution in [0.3, 0.4) is 0 Å². The monoisotopic (exact) mass is 439 g/mol. The van der Waals surface area contributed by atoms with Crippen LogP contribution in [0.5, 0.6) is 5.75 Å². The van der Waals surface area contributed by atoms with Gasteiger partial charge in [0.2, 0.25) is 0 Å². The van der Waals surface area contributed by atoms with Gasteiger partial charge < -0.3 is 15.2 Å². The van der Waals surface area contributed by atoms with Crippen molar-refractivity contribution < 1.29 is 28.2 Å². The van der Waals surface area contributed by atoms with Gasteiger partial charge in [-0.2, -0.15) is 0 Å². The molecule has 0 aromatic heterocycles. The minimum Gasteiger partial charge on any atom is -0.489 e. The van der Waals surface area contributed by atoms with Gasteiger partial charge in [-0.15, -0.1) is 5.11 Å². The van der Waals surface area contributed by atoms with Crippen molar-refractivity contribution >= 4 is 17.7 Å². The number of hydrogen-bond donors (Lipinski definition) is 2. The van der Waals surface area contributed by atoms with Crippen LogP contribution in [-0.4, -0.2) is 23.7 Å². The van der Waals surface area contributed by atoms with Crippen LogP contribution >= 0.6 is 0 Å². The van der Waals surface area contributed by atoms with Crippen LogP contribution in [0.1, 0.15) is 21.5 Å². The van der Waals surface area contributed by atoms with E-state index in [4.69, 9.17) is 4.74 Å². The molecule has 0 aliphatic heterocycles. The topological polar surface area (TPSA) is 100 Å². The number of nitrogens with zero attached hydrogens (tertiary/aromatic N) is 2. The number of carbonyl (C=O) groups is 2. The molecular formula is C23H19F2N3O4. The molecule has 2 N–H and O–H groups in total. The zero-order valence-electron chi connectivity index (χ0n) is 16.8. The highest BCUT2D eigenvalue weighted by Gasteiger charge is 2.09. The number of carboxylic acids is 1. The molecule has 3 aromatic rings. The average molecular weight is 439 g/mol. The second-order valence-electron chi connectivity index (χ2n) is 6.67. The summed E-state index contributed by atoms with van der Waals surface area (Å²) in [6.45, 7) is 0.396. The summed E-state index contributed by atoms with van der Waals surface area (Å²) in [4.78, 5) is 22.9. The molecule has 2 amide bonds. The Hall–Kier alpha value is -4.14. The fourth-order valence-corrected chi connectivity index (χ4v) is 2.78. The first kappa shape index (κ1) is 22.5. The summed E-state index contributed by atoms with van der Waals surface area (Å²) >= 11 is 0. The maximum absolute atomic E-state index is 13.5. The van der Waals surface area contributed by atoms with Gasteiger partial charge in [0.05, 0.1) is 5.56 Å². The maximum atomic E-state index is 13.5. The van der Waals surface area contributed by atoms with Crippen LogP contribution in [0.4, 0.5) is 19.3 Å². The van der Waals surface area contributed by atoms with Crippen molar-refractivity contribution in [3.8, 4) is 5.75 Å². The van der Waals surface area contributed by atoms with E-state index in [0.717, 1.165) is 17.7 Å². The molecule has 0 atom stereocenters. The first-order valence-electron chi connectivity index (χ1n) is 9.60. The summed E-state index contributed by atoms with van der Waals surface area (Å²) in [6.07, 6.45) is 0.508. The van der Waals surface area contributed by atoms with E-state index in [1.807, 2.05) is 12.1 Å². The normalized spacial score (nSPS) is 10.8. The SMILES string of the molecule is O=C(/N=N/c1ccc(F)cc1F)NCCc1ccc(OCc2ccccc2C(=O)O)cc1. The lowest BCUT2D eigenvalue weighted by Gasteiger charge is -2.09. The van der Waals surface area contributed by atoms with E-state index < -0.39 is 23.6 Å². The van der Waals surface area contributed by atoms with Crippen molar-refractivity contribution in [1.82, 2.24) is 5.32 Å². The van der Waals surface area contributed by atoms with Crippen LogP contribution in [-0.2, 0) is 13.0 Å². The average Bonchev–Trinajstić information content (AvgIpc) is 2.78. The molecule has 0 spiro atoms. The number of urea groups is 1. The van der Waals surface area contributed by atoms with Crippen molar-refractivity contribution in [2.24, 2.45) is 10.2 Å². The van der Waals surface area contributed by atoms with Gasteiger partial charge in [-0.3, -0.25) is 0 Å². The predicted octanol–water partition coefficient (Wildman–Crippen LogP) is 5.28. The maximum Gasteiger partial charge on any atom is 0.359 e. The van der Waals surface area contributed by atoms with Gasteiger partial charge in [-0.05, 0) is 42.3 Å². The highest BCUT2D eigenvalue weighted by Crippen LogP contribution is 2.19. The Morgan fingerprint density at radius 1 is 1.00 bits per heavy atom. The Kier molecular flexibility index (Phi) is 7.58. The fraction of sp³-hybridized carbons (Fsp3) is 0.130. The number of hydrogen-bond acceptors (Lipinski definition) is 4. The molecule has 0 unspecified atom stereocenters. The number of carbonyl (C=O) groups excluding carboxylic acids is 1. The minimum absolute atomic E-state index is 0.123. The first-order valence-corrected chi connectivity index (χ1v) is 9.60. The number of aromatic carboxylic acids is 1. The third-order valence-corrected chi connectivity index (χ3v) is 4.41. The molecule has 0 radical (unpaired) electrons. The summed E-state index contributed by atoms with van der Waals surface area (Å²) in [5.74, 6) is -2.08. The Labute approximate surface area is 182 Å². The number of amides is 2. The predicted molar refractivity (Wildman–Crippen MR) is 112 cm³/mol. The Bertz CT molecular complexity index is 1130. The lowest BCUT2D eigenvalue weighted by atomic mass is 10.1. The van der Waals surface area contributed by atoms with E-state index in [1.165, 1.54) is 6.07 Å². The number of benzene rings is 3. The van der Waals surface area contributed by atoms with Gasteiger partial charge in [-0.1, -0.05) is 35.4 Å². The number of halogens is 2. The van der Waals surface area contributed by atoms with Crippen molar-refractivity contribution in [2.75, 3.05) is 6.54 Å². The lowest BCUT2D eigenvalue weighted by Crippen LogP contribution is -2.22. The number of carboxylic acid groups (broad SMARTS) is 1. The van der Waals surface area contributed by atoms with E-state index in [0.29, 0.717) is 23.8 Å². The van der Waals surface area contributed by atoms with E-state index >= 15 is 0 Å². The van der Waals surface area contributed by atoms with Crippen molar-refractivity contribution in [3.63, 3.8) is 0 Å². The Balaban J connectivity index is 1.45. The quantitative estimate of drug-likeness (QED) is 0.467. The van der Waals surface area contributed by atoms with Crippen LogP contribution < -0.4 is 10.1 Å². The van der Waals surface area contributed by atoms with E-state index in [-0.39, 0.29) is 24.4 Å². The highest BCUT2D eigenvalue weighted by atomic mass is 19.1. The highest BCUT2D eigenvalue weighted by molar-refractivity contribution is 5.89. The third kappa shape index (κ3) is 6.43. The molecule has 7 nitrogen and oxygen atoms in total. The molecule has 3 rings (SSSR count). The molecule has 3 aromatic carbocycles. The zero-order chi connectivity index (χ0) is 22.9. The van der Waals surface area contributed by atoms with Crippen molar-refractivity contribution in [2.45, 2.75) is 13.0 Å². The summed E-state index contributed by atoms with van der Waals surface area (Å²) in [7, 11) is 0. The molecule has 0 saturated carbocycles. The molecular weight excluding hydrogens is 420 g/mol. The van der Waals surface area contributed by atoms with Crippen LogP contribution in [0.15, 0.2) is 77.0 Å². The van der Waals surface area contributed by atoms with E-state index in [2.05, 4.69) is 15.5 Å². The molecule has 0 bridgehead atoms. The second kappa shape index (κ2) is 10.8. The number of ether oxygens (including phenoxy) is 1. The Morgan fingerprint density at radius 2 is 1.75 bits per heavy atom. The van der Waals surface area contributed by atoms with Crippen LogP contribution in [0.2, 0.25) is 0 Å². The van der Waals surface area contributed by atoms with Crippen molar-refractivity contribution in [1.29, 1.82) is 0 Å². The molecule has 164 valence electrons. The number of azo groups is 1. The molecule has 0 aliphatic rings. The molecule has 0 heterocycles. The summed E-state index contributed by atoms with van der Waals surface area (Å²) in [6, 6.07) is 15.8. The van der Waals surface area contributed by atoms with Crippen molar-refractivity contribution in [3.05, 3.63) is 95.1 Å². The van der Waals surface area contributed by atoms with Gasteiger partial charge in [0.15, 0.2) is 5.82 Å². The Morgan fingerprint density at radius 3 is 2.47 bits per heavy atom. The number of rotatable bonds is 8. The standard InChI is InChI=1S/C23H19F2N3O4/c24-17-7-10-21(20(25)13-17)27-28-23(31)26-12-11-15-5-8-18(9-6-15)32-14-16-3-1-2-4-19(16)22(29)30/h1-10,13H,11-12,14H2,(H,26,31)(H,29,30)/b28-27+. The van der Waals surface area contributed by atoms with Gasteiger partial charge in [-0.25, -0.2) is 18.4 Å². The van der Waals surface area contributed by atoms with Gasteiger partial charge >= 0.3 is 12.0 Å². The molecule has 32 heavy (non-hydrogen) atoms. The van der Waals surface area contributed by atoms with E-state index in [9.17, 15) is 23.5 Å². The smallest absolute Gasteiger partial charge is 0.359 e. The van der Waals surface area contributed by atoms with Gasteiger partial charge in [0, 0.05) is 18.2 Å². The summed E-state index contributed by atoms with van der Waals surface area (Å²) in [5, 5.41) is 18.6. The minimum atomic E-state index is -1.01. The van der Waals surface area contributed by atoms with Gasteiger partial charge in [0.25, 0.3) is 0 Å². The molecule has 0 aliphatic carbocycles. The third-order valence-electron chi connectivity index (χ3n) is 4.41. The second-order valence-corrected chi connectivity index (χ2v) is 6.67. The first-order chi connectivity index (χ1) is 15.4. The number of nitrogens with one attached hydrogen (secondary N) is 1. The van der Waals surface area contributed by atoms with Gasteiger partial charge in [0.1, 0.15) is 23.9 Å². The van der Waals surface area contributed by atoms with Crippen LogP contribution in [0.25, 0.3) is 0 Å². The molecule has 9 heteroatoms. The molecule has 0 saturated heterocycles. The summed E-state index contributed by atoms with van der Waals surface area (Å²) < 4.78 is 32.0. The van der Waals surface area contributed by atoms with E-state index in [1.54, 1.807) is 30.3 Å². The zero-order valence-corrected chi connectivity index (χ0v) is 16.8. The van der Waals surface area contributed by atoms with Crippen LogP contribution in [0, 0.1) is 11.6 Å². The lowest BCUT2D eigenvalue weighted by molar-refractivity contribution is 0.0694.